The number of aryl methyl sites for hydroxylation is 1. The van der Waals surface area contributed by atoms with Gasteiger partial charge in [0.05, 0.1) is 13.3 Å². The molecule has 0 aliphatic carbocycles. The monoisotopic (exact) mass is 257 g/mol. The van der Waals surface area contributed by atoms with E-state index < -0.39 is 0 Å². The maximum Gasteiger partial charge on any atom is 0.275 e. The van der Waals surface area contributed by atoms with Gasteiger partial charge in [0.2, 0.25) is 0 Å². The van der Waals surface area contributed by atoms with E-state index in [1.807, 2.05) is 19.1 Å². The average Bonchev–Trinajstić information content (AvgIpc) is 2.48. The van der Waals surface area contributed by atoms with Crippen molar-refractivity contribution in [2.24, 2.45) is 0 Å². The van der Waals surface area contributed by atoms with Gasteiger partial charge in [0.25, 0.3) is 5.91 Å². The molecule has 0 atom stereocenters. The predicted octanol–water partition coefficient (Wildman–Crippen LogP) is 2.30. The molecule has 5 nitrogen and oxygen atoms in total. The zero-order chi connectivity index (χ0) is 13.7. The molecule has 0 spiro atoms. The fraction of sp³-hybridized carbons (Fsp3) is 0.214. The summed E-state index contributed by atoms with van der Waals surface area (Å²) in [6.45, 7) is 2.03. The Morgan fingerprint density at radius 3 is 2.84 bits per heavy atom. The number of ether oxygens (including phenoxy) is 1. The minimum absolute atomic E-state index is 0.277. The van der Waals surface area contributed by atoms with Crippen LogP contribution in [-0.4, -0.2) is 23.0 Å². The van der Waals surface area contributed by atoms with Crippen molar-refractivity contribution in [1.29, 1.82) is 0 Å². The van der Waals surface area contributed by atoms with Crippen LogP contribution in [0.3, 0.4) is 0 Å². The Morgan fingerprint density at radius 2 is 2.21 bits per heavy atom. The van der Waals surface area contributed by atoms with Crippen LogP contribution in [0.1, 0.15) is 23.0 Å². The molecule has 0 aliphatic rings. The van der Waals surface area contributed by atoms with Gasteiger partial charge in [0.15, 0.2) is 0 Å². The molecule has 5 heteroatoms. The summed E-state index contributed by atoms with van der Waals surface area (Å²) < 4.78 is 5.25. The Balaban J connectivity index is 2.18. The predicted molar refractivity (Wildman–Crippen MR) is 72.4 cm³/mol. The number of hydrogen-bond donors (Lipinski definition) is 1. The Bertz CT molecular complexity index is 570. The molecule has 0 bridgehead atoms. The molecule has 1 amide bonds. The lowest BCUT2D eigenvalue weighted by Crippen LogP contribution is -2.14. The van der Waals surface area contributed by atoms with E-state index in [0.717, 1.165) is 17.7 Å². The Kier molecular flexibility index (Phi) is 4.07. The van der Waals surface area contributed by atoms with E-state index in [1.165, 1.54) is 18.6 Å². The van der Waals surface area contributed by atoms with Crippen molar-refractivity contribution in [3.63, 3.8) is 0 Å². The highest BCUT2D eigenvalue weighted by molar-refractivity contribution is 6.02. The number of nitrogens with one attached hydrogen (secondary N) is 1. The third-order valence-electron chi connectivity index (χ3n) is 2.71. The third kappa shape index (κ3) is 3.07. The van der Waals surface area contributed by atoms with E-state index in [4.69, 9.17) is 4.74 Å². The minimum Gasteiger partial charge on any atom is -0.496 e. The summed E-state index contributed by atoms with van der Waals surface area (Å²) in [5, 5.41) is 2.79. The van der Waals surface area contributed by atoms with Gasteiger partial charge in [-0.05, 0) is 30.2 Å². The number of nitrogens with zero attached hydrogens (tertiary/aromatic N) is 2. The van der Waals surface area contributed by atoms with Crippen LogP contribution in [0.5, 0.6) is 5.75 Å². The highest BCUT2D eigenvalue weighted by Gasteiger charge is 2.09. The summed E-state index contributed by atoms with van der Waals surface area (Å²) >= 11 is 0. The van der Waals surface area contributed by atoms with E-state index in [2.05, 4.69) is 15.3 Å². The van der Waals surface area contributed by atoms with Crippen molar-refractivity contribution in [3.05, 3.63) is 48.0 Å². The molecular weight excluding hydrogens is 242 g/mol. The van der Waals surface area contributed by atoms with Gasteiger partial charge in [-0.2, -0.15) is 0 Å². The number of methoxy groups -OCH3 is 1. The summed E-state index contributed by atoms with van der Waals surface area (Å²) in [6, 6.07) is 5.53. The quantitative estimate of drug-likeness (QED) is 0.912. The lowest BCUT2D eigenvalue weighted by molar-refractivity contribution is 0.102. The van der Waals surface area contributed by atoms with Gasteiger partial charge in [0.1, 0.15) is 11.4 Å². The lowest BCUT2D eigenvalue weighted by atomic mass is 10.1. The SMILES string of the molecule is CCc1cc(NC(=O)c2cnccn2)ccc1OC. The zero-order valence-corrected chi connectivity index (χ0v) is 10.9. The number of rotatable bonds is 4. The Labute approximate surface area is 111 Å². The summed E-state index contributed by atoms with van der Waals surface area (Å²) in [6.07, 6.45) is 5.28. The van der Waals surface area contributed by atoms with E-state index in [0.29, 0.717) is 5.69 Å². The molecule has 19 heavy (non-hydrogen) atoms. The summed E-state index contributed by atoms with van der Waals surface area (Å²) in [5.74, 6) is 0.542. The number of carbonyl (C=O) groups excluding carboxylic acids is 1. The standard InChI is InChI=1S/C14H15N3O2/c1-3-10-8-11(4-5-13(10)19-2)17-14(18)12-9-15-6-7-16-12/h4-9H,3H2,1-2H3,(H,17,18). The fourth-order valence-corrected chi connectivity index (χ4v) is 1.74. The molecule has 1 heterocycles. The summed E-state index contributed by atoms with van der Waals surface area (Å²) in [7, 11) is 1.63. The number of benzene rings is 1. The van der Waals surface area contributed by atoms with E-state index in [-0.39, 0.29) is 11.6 Å². The normalized spacial score (nSPS) is 10.0. The van der Waals surface area contributed by atoms with E-state index in [9.17, 15) is 4.79 Å². The van der Waals surface area contributed by atoms with E-state index >= 15 is 0 Å². The van der Waals surface area contributed by atoms with Crippen LogP contribution in [0.2, 0.25) is 0 Å². The van der Waals surface area contributed by atoms with Gasteiger partial charge in [0, 0.05) is 18.1 Å². The van der Waals surface area contributed by atoms with Gasteiger partial charge >= 0.3 is 0 Å². The molecule has 0 aliphatic heterocycles. The molecule has 2 rings (SSSR count). The molecule has 0 unspecified atom stereocenters. The van der Waals surface area contributed by atoms with Gasteiger partial charge < -0.3 is 10.1 Å². The smallest absolute Gasteiger partial charge is 0.275 e. The van der Waals surface area contributed by atoms with Crippen LogP contribution < -0.4 is 10.1 Å². The summed E-state index contributed by atoms with van der Waals surface area (Å²) in [5.41, 5.74) is 2.05. The molecule has 0 saturated carbocycles. The number of hydrogen-bond acceptors (Lipinski definition) is 4. The number of anilines is 1. The Hall–Kier alpha value is -2.43. The first kappa shape index (κ1) is 13.0. The van der Waals surface area contributed by atoms with Crippen LogP contribution in [-0.2, 0) is 6.42 Å². The number of aromatic nitrogens is 2. The van der Waals surface area contributed by atoms with Crippen molar-refractivity contribution >= 4 is 11.6 Å². The molecule has 1 aromatic heterocycles. The minimum atomic E-state index is -0.277. The van der Waals surface area contributed by atoms with Crippen molar-refractivity contribution in [2.75, 3.05) is 12.4 Å². The highest BCUT2D eigenvalue weighted by Crippen LogP contribution is 2.23. The van der Waals surface area contributed by atoms with Crippen LogP contribution >= 0.6 is 0 Å². The first-order valence-corrected chi connectivity index (χ1v) is 5.99. The molecular formula is C14H15N3O2. The van der Waals surface area contributed by atoms with Gasteiger partial charge in [-0.25, -0.2) is 4.98 Å². The van der Waals surface area contributed by atoms with Crippen molar-refractivity contribution in [1.82, 2.24) is 9.97 Å². The molecule has 0 saturated heterocycles. The number of amides is 1. The van der Waals surface area contributed by atoms with Crippen molar-refractivity contribution in [2.45, 2.75) is 13.3 Å². The Morgan fingerprint density at radius 1 is 1.37 bits per heavy atom. The first-order valence-electron chi connectivity index (χ1n) is 5.99. The van der Waals surface area contributed by atoms with Crippen molar-refractivity contribution < 1.29 is 9.53 Å². The molecule has 0 fully saturated rings. The third-order valence-corrected chi connectivity index (χ3v) is 2.71. The first-order chi connectivity index (χ1) is 9.24. The molecule has 1 aromatic carbocycles. The second-order valence-corrected chi connectivity index (χ2v) is 3.92. The van der Waals surface area contributed by atoms with Gasteiger partial charge in [-0.15, -0.1) is 0 Å². The topological polar surface area (TPSA) is 64.1 Å². The maximum atomic E-state index is 11.9. The highest BCUT2D eigenvalue weighted by atomic mass is 16.5. The zero-order valence-electron chi connectivity index (χ0n) is 10.9. The van der Waals surface area contributed by atoms with Gasteiger partial charge in [-0.1, -0.05) is 6.92 Å². The lowest BCUT2D eigenvalue weighted by Gasteiger charge is -2.10. The molecule has 98 valence electrons. The van der Waals surface area contributed by atoms with Crippen LogP contribution in [0.4, 0.5) is 5.69 Å². The van der Waals surface area contributed by atoms with Crippen LogP contribution in [0, 0.1) is 0 Å². The number of carbonyl (C=O) groups is 1. The summed E-state index contributed by atoms with van der Waals surface area (Å²) in [4.78, 5) is 19.7. The average molecular weight is 257 g/mol. The van der Waals surface area contributed by atoms with Crippen LogP contribution in [0.25, 0.3) is 0 Å². The fourth-order valence-electron chi connectivity index (χ4n) is 1.74. The second kappa shape index (κ2) is 5.95. The largest absolute Gasteiger partial charge is 0.496 e. The van der Waals surface area contributed by atoms with Crippen LogP contribution in [0.15, 0.2) is 36.8 Å². The van der Waals surface area contributed by atoms with Crippen molar-refractivity contribution in [3.8, 4) is 5.75 Å². The maximum absolute atomic E-state index is 11.9. The second-order valence-electron chi connectivity index (χ2n) is 3.92. The van der Waals surface area contributed by atoms with Gasteiger partial charge in [-0.3, -0.25) is 9.78 Å². The molecule has 1 N–H and O–H groups in total. The molecule has 2 aromatic rings. The van der Waals surface area contributed by atoms with E-state index in [1.54, 1.807) is 13.2 Å². The molecule has 0 radical (unpaired) electrons.